The molecule has 0 fully saturated rings. The number of fused-ring (bicyclic) bond motifs is 1. The van der Waals surface area contributed by atoms with Gasteiger partial charge in [0, 0.05) is 60.0 Å². The summed E-state index contributed by atoms with van der Waals surface area (Å²) in [5, 5.41) is 11.0. The van der Waals surface area contributed by atoms with Crippen molar-refractivity contribution in [3.05, 3.63) is 68.8 Å². The molecule has 1 aliphatic heterocycles. The van der Waals surface area contributed by atoms with Crippen LogP contribution in [0.25, 0.3) is 11.4 Å². The minimum atomic E-state index is -0.341. The number of hydrogen-bond donors (Lipinski definition) is 1. The molecule has 4 rings (SSSR count). The van der Waals surface area contributed by atoms with Gasteiger partial charge in [-0.1, -0.05) is 11.3 Å². The number of anilines is 1. The zero-order valence-corrected chi connectivity index (χ0v) is 14.8. The first-order chi connectivity index (χ1) is 12.6. The van der Waals surface area contributed by atoms with E-state index in [9.17, 15) is 10.1 Å². The first kappa shape index (κ1) is 16.6. The van der Waals surface area contributed by atoms with Crippen LogP contribution in [0.2, 0.25) is 0 Å². The van der Waals surface area contributed by atoms with Gasteiger partial charge >= 0.3 is 5.00 Å². The highest BCUT2D eigenvalue weighted by atomic mass is 32.1. The molecule has 26 heavy (non-hydrogen) atoms. The molecule has 0 atom stereocenters. The number of aromatic nitrogens is 2. The summed E-state index contributed by atoms with van der Waals surface area (Å²) in [6, 6.07) is 10.9. The highest BCUT2D eigenvalue weighted by Crippen LogP contribution is 2.27. The van der Waals surface area contributed by atoms with Crippen LogP contribution < -0.4 is 5.73 Å². The van der Waals surface area contributed by atoms with Crippen LogP contribution in [0.15, 0.2) is 42.6 Å². The maximum Gasteiger partial charge on any atom is 0.324 e. The average Bonchev–Trinajstić information content (AvgIpc) is 3.11. The molecule has 1 aromatic carbocycles. The van der Waals surface area contributed by atoms with Crippen molar-refractivity contribution in [2.75, 3.05) is 12.3 Å². The number of nitrogens with two attached hydrogens (primary N) is 1. The molecule has 3 aromatic rings. The molecule has 132 valence electrons. The molecule has 2 N–H and O–H groups in total. The molecule has 2 aromatic heterocycles. The Balaban J connectivity index is 1.48. The zero-order valence-electron chi connectivity index (χ0n) is 14.0. The topological polar surface area (TPSA) is 98.2 Å². The molecule has 0 bridgehead atoms. The summed E-state index contributed by atoms with van der Waals surface area (Å²) in [4.78, 5) is 23.0. The summed E-state index contributed by atoms with van der Waals surface area (Å²) in [6.45, 7) is 2.33. The van der Waals surface area contributed by atoms with Gasteiger partial charge in [-0.2, -0.15) is 0 Å². The van der Waals surface area contributed by atoms with Gasteiger partial charge in [0.05, 0.1) is 10.6 Å². The second-order valence-electron chi connectivity index (χ2n) is 6.25. The van der Waals surface area contributed by atoms with E-state index in [1.54, 1.807) is 6.07 Å². The monoisotopic (exact) mass is 367 g/mol. The van der Waals surface area contributed by atoms with E-state index in [-0.39, 0.29) is 9.92 Å². The van der Waals surface area contributed by atoms with Gasteiger partial charge in [-0.25, -0.2) is 9.97 Å². The molecule has 0 amide bonds. The Kier molecular flexibility index (Phi) is 4.36. The van der Waals surface area contributed by atoms with E-state index < -0.39 is 0 Å². The van der Waals surface area contributed by atoms with Crippen molar-refractivity contribution in [3.63, 3.8) is 0 Å². The SMILES string of the molecule is Nc1ccc(-c2ncc3c(n2)CCN(Cc2ccc([N+](=O)[O-])s2)C3)cc1. The maximum absolute atomic E-state index is 10.8. The lowest BCUT2D eigenvalue weighted by Crippen LogP contribution is -2.30. The smallest absolute Gasteiger partial charge is 0.324 e. The molecule has 0 aliphatic carbocycles. The number of rotatable bonds is 4. The fourth-order valence-corrected chi connectivity index (χ4v) is 3.91. The summed E-state index contributed by atoms with van der Waals surface area (Å²) in [6.07, 6.45) is 2.73. The van der Waals surface area contributed by atoms with Crippen molar-refractivity contribution in [2.24, 2.45) is 0 Å². The minimum absolute atomic E-state index is 0.189. The predicted molar refractivity (Wildman–Crippen MR) is 101 cm³/mol. The van der Waals surface area contributed by atoms with Gasteiger partial charge in [-0.15, -0.1) is 0 Å². The highest BCUT2D eigenvalue weighted by molar-refractivity contribution is 7.15. The lowest BCUT2D eigenvalue weighted by Gasteiger charge is -2.27. The third kappa shape index (κ3) is 3.42. The summed E-state index contributed by atoms with van der Waals surface area (Å²) >= 11 is 1.23. The van der Waals surface area contributed by atoms with E-state index in [0.717, 1.165) is 46.9 Å². The number of nitrogens with zero attached hydrogens (tertiary/aromatic N) is 4. The van der Waals surface area contributed by atoms with Crippen molar-refractivity contribution in [3.8, 4) is 11.4 Å². The number of thiophene rings is 1. The Morgan fingerprint density at radius 2 is 2.04 bits per heavy atom. The summed E-state index contributed by atoms with van der Waals surface area (Å²) in [7, 11) is 0. The zero-order chi connectivity index (χ0) is 18.1. The molecule has 0 saturated heterocycles. The van der Waals surface area contributed by atoms with Gasteiger partial charge in [0.1, 0.15) is 0 Å². The highest BCUT2D eigenvalue weighted by Gasteiger charge is 2.20. The van der Waals surface area contributed by atoms with E-state index in [2.05, 4.69) is 9.88 Å². The standard InChI is InChI=1S/C18H17N5O2S/c19-14-3-1-12(2-4-14)18-20-9-13-10-22(8-7-16(13)21-18)11-15-5-6-17(26-15)23(24)25/h1-6,9H,7-8,10-11,19H2. The summed E-state index contributed by atoms with van der Waals surface area (Å²) < 4.78 is 0. The Labute approximate surface area is 154 Å². The Hall–Kier alpha value is -2.84. The van der Waals surface area contributed by atoms with Crippen molar-refractivity contribution in [1.82, 2.24) is 14.9 Å². The normalized spacial score (nSPS) is 14.2. The molecule has 1 aliphatic rings. The summed E-state index contributed by atoms with van der Waals surface area (Å²) in [5.41, 5.74) is 9.58. The molecular formula is C18H17N5O2S. The molecule has 0 radical (unpaired) electrons. The molecule has 7 nitrogen and oxygen atoms in total. The quantitative estimate of drug-likeness (QED) is 0.432. The second-order valence-corrected chi connectivity index (χ2v) is 7.39. The first-order valence-electron chi connectivity index (χ1n) is 8.24. The second kappa shape index (κ2) is 6.81. The predicted octanol–water partition coefficient (Wildman–Crippen LogP) is 3.25. The number of benzene rings is 1. The first-order valence-corrected chi connectivity index (χ1v) is 9.06. The van der Waals surface area contributed by atoms with Crippen molar-refractivity contribution in [2.45, 2.75) is 19.5 Å². The maximum atomic E-state index is 10.8. The molecule has 0 saturated carbocycles. The third-order valence-electron chi connectivity index (χ3n) is 4.39. The van der Waals surface area contributed by atoms with Crippen LogP contribution in [0.3, 0.4) is 0 Å². The lowest BCUT2D eigenvalue weighted by molar-refractivity contribution is -0.380. The number of hydrogen-bond acceptors (Lipinski definition) is 7. The minimum Gasteiger partial charge on any atom is -0.399 e. The lowest BCUT2D eigenvalue weighted by atomic mass is 10.1. The van der Waals surface area contributed by atoms with Crippen LogP contribution in [0, 0.1) is 10.1 Å². The Morgan fingerprint density at radius 3 is 2.77 bits per heavy atom. The molecule has 0 spiro atoms. The number of nitro groups is 1. The van der Waals surface area contributed by atoms with E-state index in [1.165, 1.54) is 11.3 Å². The molecule has 0 unspecified atom stereocenters. The van der Waals surface area contributed by atoms with Gasteiger partial charge in [0.15, 0.2) is 5.82 Å². The molecular weight excluding hydrogens is 350 g/mol. The van der Waals surface area contributed by atoms with Crippen LogP contribution in [-0.4, -0.2) is 26.3 Å². The van der Waals surface area contributed by atoms with Gasteiger partial charge in [0.25, 0.3) is 0 Å². The fraction of sp³-hybridized carbons (Fsp3) is 0.222. The van der Waals surface area contributed by atoms with Crippen LogP contribution in [-0.2, 0) is 19.5 Å². The molecule has 3 heterocycles. The van der Waals surface area contributed by atoms with E-state index >= 15 is 0 Å². The van der Waals surface area contributed by atoms with Crippen LogP contribution in [0.5, 0.6) is 0 Å². The van der Waals surface area contributed by atoms with Crippen LogP contribution in [0.1, 0.15) is 16.1 Å². The largest absolute Gasteiger partial charge is 0.399 e. The van der Waals surface area contributed by atoms with Crippen LogP contribution >= 0.6 is 11.3 Å². The van der Waals surface area contributed by atoms with Gasteiger partial charge < -0.3 is 5.73 Å². The van der Waals surface area contributed by atoms with Crippen molar-refractivity contribution < 1.29 is 4.92 Å². The van der Waals surface area contributed by atoms with E-state index in [4.69, 9.17) is 10.7 Å². The summed E-state index contributed by atoms with van der Waals surface area (Å²) in [5.74, 6) is 0.714. The van der Waals surface area contributed by atoms with Crippen molar-refractivity contribution in [1.29, 1.82) is 0 Å². The number of nitrogen functional groups attached to an aromatic ring is 1. The molecule has 8 heteroatoms. The third-order valence-corrected chi connectivity index (χ3v) is 5.41. The van der Waals surface area contributed by atoms with Gasteiger partial charge in [-0.05, 0) is 30.3 Å². The fourth-order valence-electron chi connectivity index (χ4n) is 3.05. The van der Waals surface area contributed by atoms with Crippen LogP contribution in [0.4, 0.5) is 10.7 Å². The Morgan fingerprint density at radius 1 is 1.23 bits per heavy atom. The van der Waals surface area contributed by atoms with Gasteiger partial charge in [0.2, 0.25) is 0 Å². The van der Waals surface area contributed by atoms with E-state index in [0.29, 0.717) is 12.4 Å². The van der Waals surface area contributed by atoms with Crippen molar-refractivity contribution >= 4 is 22.0 Å². The van der Waals surface area contributed by atoms with E-state index in [1.807, 2.05) is 36.5 Å². The Bertz CT molecular complexity index is 954. The van der Waals surface area contributed by atoms with Gasteiger partial charge in [-0.3, -0.25) is 15.0 Å². The average molecular weight is 367 g/mol.